The zero-order valence-corrected chi connectivity index (χ0v) is 7.78. The minimum atomic E-state index is 0.0905. The van der Waals surface area contributed by atoms with E-state index in [2.05, 4.69) is 21.4 Å². The second-order valence-corrected chi connectivity index (χ2v) is 2.99. The van der Waals surface area contributed by atoms with Gasteiger partial charge in [-0.05, 0) is 19.4 Å². The van der Waals surface area contributed by atoms with Crippen molar-refractivity contribution in [3.8, 4) is 6.07 Å². The number of hydrogen-bond donors (Lipinski definition) is 1. The first-order valence-corrected chi connectivity index (χ1v) is 4.14. The van der Waals surface area contributed by atoms with Crippen LogP contribution in [0.4, 0.5) is 5.95 Å². The first-order chi connectivity index (χ1) is 6.22. The summed E-state index contributed by atoms with van der Waals surface area (Å²) in [5.74, 6) is 0.577. The molecule has 13 heavy (non-hydrogen) atoms. The van der Waals surface area contributed by atoms with Crippen LogP contribution in [0.5, 0.6) is 0 Å². The fraction of sp³-hybridized carbons (Fsp3) is 0.444. The molecule has 1 aromatic rings. The Labute approximate surface area is 77.6 Å². The highest BCUT2D eigenvalue weighted by Crippen LogP contribution is 2.02. The topological polar surface area (TPSA) is 61.6 Å². The van der Waals surface area contributed by atoms with Gasteiger partial charge >= 0.3 is 0 Å². The zero-order valence-electron chi connectivity index (χ0n) is 7.78. The van der Waals surface area contributed by atoms with Crippen LogP contribution in [0.3, 0.4) is 0 Å². The van der Waals surface area contributed by atoms with Crippen molar-refractivity contribution in [2.75, 3.05) is 5.32 Å². The molecule has 0 fully saturated rings. The van der Waals surface area contributed by atoms with Crippen LogP contribution in [0.25, 0.3) is 0 Å². The Morgan fingerprint density at radius 3 is 2.69 bits per heavy atom. The Morgan fingerprint density at radius 1 is 1.54 bits per heavy atom. The van der Waals surface area contributed by atoms with Crippen LogP contribution in [0.2, 0.25) is 0 Å². The number of anilines is 1. The Bertz CT molecular complexity index is 298. The summed E-state index contributed by atoms with van der Waals surface area (Å²) in [6, 6.07) is 2.17. The van der Waals surface area contributed by atoms with Gasteiger partial charge in [0.1, 0.15) is 0 Å². The number of aryl methyl sites for hydroxylation is 1. The number of nitrogens with zero attached hydrogens (tertiary/aromatic N) is 3. The Hall–Kier alpha value is -1.63. The third-order valence-corrected chi connectivity index (χ3v) is 1.55. The maximum Gasteiger partial charge on any atom is 0.222 e. The van der Waals surface area contributed by atoms with Gasteiger partial charge in [0.15, 0.2) is 0 Å². The molecule has 1 heterocycles. The minimum Gasteiger partial charge on any atom is -0.351 e. The molecule has 0 saturated carbocycles. The summed E-state index contributed by atoms with van der Waals surface area (Å²) in [6.07, 6.45) is 3.94. The zero-order chi connectivity index (χ0) is 9.68. The van der Waals surface area contributed by atoms with E-state index in [1.54, 1.807) is 12.4 Å². The van der Waals surface area contributed by atoms with E-state index in [-0.39, 0.29) is 6.04 Å². The highest BCUT2D eigenvalue weighted by molar-refractivity contribution is 5.25. The van der Waals surface area contributed by atoms with Crippen molar-refractivity contribution >= 4 is 5.95 Å². The van der Waals surface area contributed by atoms with E-state index >= 15 is 0 Å². The number of rotatable bonds is 3. The molecule has 0 amide bonds. The van der Waals surface area contributed by atoms with Gasteiger partial charge in [-0.25, -0.2) is 9.97 Å². The first kappa shape index (κ1) is 9.46. The van der Waals surface area contributed by atoms with Gasteiger partial charge in [-0.15, -0.1) is 0 Å². The van der Waals surface area contributed by atoms with E-state index in [9.17, 15) is 0 Å². The molecule has 0 aliphatic rings. The molecule has 1 aromatic heterocycles. The molecule has 0 bridgehead atoms. The van der Waals surface area contributed by atoms with Gasteiger partial charge in [0.25, 0.3) is 0 Å². The third kappa shape index (κ3) is 3.08. The molecule has 4 nitrogen and oxygen atoms in total. The maximum atomic E-state index is 8.43. The van der Waals surface area contributed by atoms with Gasteiger partial charge in [-0.2, -0.15) is 5.26 Å². The lowest BCUT2D eigenvalue weighted by molar-refractivity contribution is 0.804. The Balaban J connectivity index is 2.55. The lowest BCUT2D eigenvalue weighted by Gasteiger charge is -2.09. The van der Waals surface area contributed by atoms with Crippen LogP contribution >= 0.6 is 0 Å². The summed E-state index contributed by atoms with van der Waals surface area (Å²) in [5.41, 5.74) is 1.03. The molecule has 0 aromatic carbocycles. The molecular weight excluding hydrogens is 164 g/mol. The Morgan fingerprint density at radius 2 is 2.15 bits per heavy atom. The monoisotopic (exact) mass is 176 g/mol. The molecule has 0 aliphatic carbocycles. The predicted molar refractivity (Wildman–Crippen MR) is 50.1 cm³/mol. The van der Waals surface area contributed by atoms with Crippen molar-refractivity contribution < 1.29 is 0 Å². The van der Waals surface area contributed by atoms with Crippen molar-refractivity contribution in [3.63, 3.8) is 0 Å². The first-order valence-electron chi connectivity index (χ1n) is 4.14. The van der Waals surface area contributed by atoms with E-state index in [0.717, 1.165) is 5.56 Å². The molecule has 0 radical (unpaired) electrons. The van der Waals surface area contributed by atoms with Crippen molar-refractivity contribution in [1.82, 2.24) is 9.97 Å². The molecule has 0 saturated heterocycles. The molecule has 1 atom stereocenters. The highest BCUT2D eigenvalue weighted by Gasteiger charge is 2.01. The molecule has 68 valence electrons. The number of nitrogens with one attached hydrogen (secondary N) is 1. The second kappa shape index (κ2) is 4.41. The standard InChI is InChI=1S/C9H12N4/c1-7-5-11-9(12-6-7)13-8(2)3-4-10/h5-6,8H,3H2,1-2H3,(H,11,12,13). The summed E-state index contributed by atoms with van der Waals surface area (Å²) in [4.78, 5) is 8.14. The summed E-state index contributed by atoms with van der Waals surface area (Å²) in [7, 11) is 0. The SMILES string of the molecule is Cc1cnc(NC(C)CC#N)nc1. The van der Waals surface area contributed by atoms with E-state index in [1.807, 2.05) is 13.8 Å². The molecular formula is C9H12N4. The molecule has 1 N–H and O–H groups in total. The van der Waals surface area contributed by atoms with Crippen molar-refractivity contribution in [2.45, 2.75) is 26.3 Å². The normalized spacial score (nSPS) is 11.8. The predicted octanol–water partition coefficient (Wildman–Crippen LogP) is 1.50. The van der Waals surface area contributed by atoms with Crippen LogP contribution in [-0.4, -0.2) is 16.0 Å². The highest BCUT2D eigenvalue weighted by atomic mass is 15.1. The number of nitriles is 1. The average Bonchev–Trinajstić information content (AvgIpc) is 2.09. The van der Waals surface area contributed by atoms with Crippen molar-refractivity contribution in [2.24, 2.45) is 0 Å². The molecule has 1 unspecified atom stereocenters. The van der Waals surface area contributed by atoms with Crippen LogP contribution < -0.4 is 5.32 Å². The maximum absolute atomic E-state index is 8.43. The molecule has 0 aliphatic heterocycles. The number of aromatic nitrogens is 2. The summed E-state index contributed by atoms with van der Waals surface area (Å²) < 4.78 is 0. The fourth-order valence-corrected chi connectivity index (χ4v) is 0.875. The van der Waals surface area contributed by atoms with Crippen molar-refractivity contribution in [1.29, 1.82) is 5.26 Å². The summed E-state index contributed by atoms with van der Waals surface area (Å²) >= 11 is 0. The quantitative estimate of drug-likeness (QED) is 0.758. The van der Waals surface area contributed by atoms with Gasteiger partial charge in [0.2, 0.25) is 5.95 Å². The lowest BCUT2D eigenvalue weighted by Crippen LogP contribution is -2.16. The molecule has 4 heteroatoms. The van der Waals surface area contributed by atoms with Crippen LogP contribution in [0.1, 0.15) is 18.9 Å². The van der Waals surface area contributed by atoms with Gasteiger partial charge in [-0.3, -0.25) is 0 Å². The van der Waals surface area contributed by atoms with E-state index < -0.39 is 0 Å². The van der Waals surface area contributed by atoms with Gasteiger partial charge in [0.05, 0.1) is 12.5 Å². The van der Waals surface area contributed by atoms with E-state index in [4.69, 9.17) is 5.26 Å². The Kier molecular flexibility index (Phi) is 3.21. The molecule has 0 spiro atoms. The summed E-state index contributed by atoms with van der Waals surface area (Å²) in [6.45, 7) is 3.86. The van der Waals surface area contributed by atoms with E-state index in [0.29, 0.717) is 12.4 Å². The van der Waals surface area contributed by atoms with Gasteiger partial charge < -0.3 is 5.32 Å². The van der Waals surface area contributed by atoms with Crippen LogP contribution in [0.15, 0.2) is 12.4 Å². The summed E-state index contributed by atoms with van der Waals surface area (Å²) in [5, 5.41) is 11.5. The average molecular weight is 176 g/mol. The fourth-order valence-electron chi connectivity index (χ4n) is 0.875. The largest absolute Gasteiger partial charge is 0.351 e. The third-order valence-electron chi connectivity index (χ3n) is 1.55. The van der Waals surface area contributed by atoms with Crippen molar-refractivity contribution in [3.05, 3.63) is 18.0 Å². The molecule has 1 rings (SSSR count). The minimum absolute atomic E-state index is 0.0905. The smallest absolute Gasteiger partial charge is 0.222 e. The second-order valence-electron chi connectivity index (χ2n) is 2.99. The number of hydrogen-bond acceptors (Lipinski definition) is 4. The van der Waals surface area contributed by atoms with Gasteiger partial charge in [-0.1, -0.05) is 0 Å². The van der Waals surface area contributed by atoms with Crippen LogP contribution in [0, 0.1) is 18.3 Å². The lowest BCUT2D eigenvalue weighted by atomic mass is 10.2. The van der Waals surface area contributed by atoms with Gasteiger partial charge in [0, 0.05) is 18.4 Å². The van der Waals surface area contributed by atoms with Crippen LogP contribution in [-0.2, 0) is 0 Å². The van der Waals surface area contributed by atoms with E-state index in [1.165, 1.54) is 0 Å².